The van der Waals surface area contributed by atoms with Crippen LogP contribution in [-0.2, 0) is 19.5 Å². The van der Waals surface area contributed by atoms with Gasteiger partial charge >= 0.3 is 0 Å². The zero-order chi connectivity index (χ0) is 24.1. The highest BCUT2D eigenvalue weighted by atomic mass is 32.1. The molecular weight excluding hydrogens is 452 g/mol. The van der Waals surface area contributed by atoms with Crippen LogP contribution < -0.4 is 20.0 Å². The molecule has 8 nitrogen and oxygen atoms in total. The Balaban J connectivity index is 1.66. The third kappa shape index (κ3) is 4.90. The second-order valence-electron chi connectivity index (χ2n) is 7.93. The van der Waals surface area contributed by atoms with Gasteiger partial charge in [-0.3, -0.25) is 9.59 Å². The summed E-state index contributed by atoms with van der Waals surface area (Å²) in [5.74, 6) is 0.437. The number of nitrogens with zero attached hydrogens (tertiary/aromatic N) is 3. The molecule has 0 spiro atoms. The molecule has 0 unspecified atom stereocenters. The van der Waals surface area contributed by atoms with Gasteiger partial charge in [0, 0.05) is 31.1 Å². The highest BCUT2D eigenvalue weighted by molar-refractivity contribution is 7.07. The second kappa shape index (κ2) is 10.7. The van der Waals surface area contributed by atoms with E-state index in [2.05, 4.69) is 17.1 Å². The van der Waals surface area contributed by atoms with Crippen LogP contribution >= 0.6 is 11.3 Å². The van der Waals surface area contributed by atoms with E-state index in [-0.39, 0.29) is 5.91 Å². The van der Waals surface area contributed by atoms with Crippen LogP contribution in [0.5, 0.6) is 11.5 Å². The number of methoxy groups -OCH3 is 2. The van der Waals surface area contributed by atoms with E-state index in [4.69, 9.17) is 15.2 Å². The van der Waals surface area contributed by atoms with E-state index < -0.39 is 5.91 Å². The highest BCUT2D eigenvalue weighted by Gasteiger charge is 2.25. The first-order chi connectivity index (χ1) is 16.5. The standard InChI is InChI=1S/C25H28N4O4S/c1-32-19-8-9-20(22(14-19)33-2)23(30)27-25-29(12-5-11-26)21(16-34-25)24(31)28-13-10-17-6-3-4-7-18(17)15-28/h3-4,6-9,14,16H,5,10-13,15,26H2,1-2H3. The molecule has 9 heteroatoms. The summed E-state index contributed by atoms with van der Waals surface area (Å²) < 4.78 is 12.4. The Bertz CT molecular complexity index is 1260. The van der Waals surface area contributed by atoms with Crippen molar-refractivity contribution in [3.63, 3.8) is 0 Å². The minimum atomic E-state index is -0.450. The average molecular weight is 481 g/mol. The van der Waals surface area contributed by atoms with Gasteiger partial charge in [-0.25, -0.2) is 0 Å². The molecular formula is C25H28N4O4S. The summed E-state index contributed by atoms with van der Waals surface area (Å²) >= 11 is 1.27. The predicted octanol–water partition coefficient (Wildman–Crippen LogP) is 2.86. The summed E-state index contributed by atoms with van der Waals surface area (Å²) in [5, 5.41) is 1.77. The highest BCUT2D eigenvalue weighted by Crippen LogP contribution is 2.25. The van der Waals surface area contributed by atoms with Gasteiger partial charge in [0.05, 0.1) is 19.8 Å². The number of ether oxygens (including phenoxy) is 2. The fourth-order valence-electron chi connectivity index (χ4n) is 4.01. The Morgan fingerprint density at radius 2 is 1.91 bits per heavy atom. The van der Waals surface area contributed by atoms with Crippen molar-refractivity contribution in [3.8, 4) is 11.5 Å². The number of hydrogen-bond donors (Lipinski definition) is 1. The molecule has 4 rings (SSSR count). The lowest BCUT2D eigenvalue weighted by molar-refractivity contribution is 0.0722. The molecule has 0 radical (unpaired) electrons. The number of carbonyl (C=O) groups excluding carboxylic acids is 2. The van der Waals surface area contributed by atoms with Crippen molar-refractivity contribution in [1.29, 1.82) is 0 Å². The first kappa shape index (κ1) is 23.7. The van der Waals surface area contributed by atoms with Gasteiger partial charge in [-0.05, 0) is 42.6 Å². The minimum Gasteiger partial charge on any atom is -0.497 e. The van der Waals surface area contributed by atoms with Crippen molar-refractivity contribution < 1.29 is 19.1 Å². The van der Waals surface area contributed by atoms with E-state index in [1.54, 1.807) is 35.3 Å². The number of benzene rings is 2. The van der Waals surface area contributed by atoms with Crippen molar-refractivity contribution in [2.24, 2.45) is 10.7 Å². The molecule has 1 aromatic heterocycles. The molecule has 178 valence electrons. The maximum Gasteiger partial charge on any atom is 0.283 e. The van der Waals surface area contributed by atoms with Crippen molar-refractivity contribution in [2.75, 3.05) is 27.3 Å². The quantitative estimate of drug-likeness (QED) is 0.561. The number of fused-ring (bicyclic) bond motifs is 1. The maximum atomic E-state index is 13.5. The second-order valence-corrected chi connectivity index (χ2v) is 8.76. The van der Waals surface area contributed by atoms with Gasteiger partial charge in [0.1, 0.15) is 17.2 Å². The lowest BCUT2D eigenvalue weighted by Crippen LogP contribution is -2.38. The number of carbonyl (C=O) groups is 2. The maximum absolute atomic E-state index is 13.5. The van der Waals surface area contributed by atoms with Crippen molar-refractivity contribution in [3.05, 3.63) is 75.0 Å². The molecule has 0 bridgehead atoms. The Morgan fingerprint density at radius 1 is 1.12 bits per heavy atom. The van der Waals surface area contributed by atoms with Crippen LogP contribution in [0.25, 0.3) is 0 Å². The molecule has 0 fully saturated rings. The third-order valence-electron chi connectivity index (χ3n) is 5.86. The molecule has 1 aliphatic heterocycles. The largest absolute Gasteiger partial charge is 0.497 e. The van der Waals surface area contributed by atoms with E-state index in [1.165, 1.54) is 24.0 Å². The molecule has 2 amide bonds. The van der Waals surface area contributed by atoms with Crippen LogP contribution in [0.15, 0.2) is 52.8 Å². The number of hydrogen-bond acceptors (Lipinski definition) is 6. The molecule has 2 aromatic carbocycles. The number of nitrogens with two attached hydrogens (primary N) is 1. The molecule has 2 N–H and O–H groups in total. The van der Waals surface area contributed by atoms with Crippen LogP contribution in [0.3, 0.4) is 0 Å². The lowest BCUT2D eigenvalue weighted by atomic mass is 10.00. The van der Waals surface area contributed by atoms with Crippen LogP contribution in [0.4, 0.5) is 0 Å². The third-order valence-corrected chi connectivity index (χ3v) is 6.72. The number of thiazole rings is 1. The van der Waals surface area contributed by atoms with Crippen molar-refractivity contribution >= 4 is 23.2 Å². The van der Waals surface area contributed by atoms with Crippen LogP contribution in [0.2, 0.25) is 0 Å². The molecule has 2 heterocycles. The number of amides is 2. The van der Waals surface area contributed by atoms with E-state index in [1.807, 2.05) is 17.0 Å². The van der Waals surface area contributed by atoms with Gasteiger partial charge in [-0.15, -0.1) is 11.3 Å². The minimum absolute atomic E-state index is 0.0706. The van der Waals surface area contributed by atoms with Crippen molar-refractivity contribution in [2.45, 2.75) is 25.9 Å². The zero-order valence-electron chi connectivity index (χ0n) is 19.3. The smallest absolute Gasteiger partial charge is 0.283 e. The molecule has 0 saturated carbocycles. The predicted molar refractivity (Wildman–Crippen MR) is 130 cm³/mol. The van der Waals surface area contributed by atoms with Crippen LogP contribution in [-0.4, -0.2) is 48.6 Å². The summed E-state index contributed by atoms with van der Waals surface area (Å²) in [6.45, 7) is 2.18. The van der Waals surface area contributed by atoms with Gasteiger partial charge < -0.3 is 24.7 Å². The SMILES string of the molecule is COc1ccc(C(=O)N=c2scc(C(=O)N3CCc4ccccc4C3)n2CCCN)c(OC)c1. The summed E-state index contributed by atoms with van der Waals surface area (Å²) in [6, 6.07) is 13.1. The van der Waals surface area contributed by atoms with Crippen LogP contribution in [0.1, 0.15) is 38.4 Å². The van der Waals surface area contributed by atoms with E-state index in [0.29, 0.717) is 60.2 Å². The zero-order valence-corrected chi connectivity index (χ0v) is 20.1. The number of rotatable bonds is 7. The first-order valence-electron chi connectivity index (χ1n) is 11.1. The summed E-state index contributed by atoms with van der Waals surface area (Å²) in [7, 11) is 3.04. The molecule has 0 aliphatic carbocycles. The fourth-order valence-corrected chi connectivity index (χ4v) is 4.91. The summed E-state index contributed by atoms with van der Waals surface area (Å²) in [4.78, 5) is 33.1. The molecule has 0 saturated heterocycles. The fraction of sp³-hybridized carbons (Fsp3) is 0.320. The Kier molecular flexibility index (Phi) is 7.44. The van der Waals surface area contributed by atoms with Gasteiger partial charge in [-0.2, -0.15) is 4.99 Å². The van der Waals surface area contributed by atoms with Gasteiger partial charge in [0.2, 0.25) is 0 Å². The lowest BCUT2D eigenvalue weighted by Gasteiger charge is -2.29. The van der Waals surface area contributed by atoms with Gasteiger partial charge in [-0.1, -0.05) is 24.3 Å². The summed E-state index contributed by atoms with van der Waals surface area (Å²) in [5.41, 5.74) is 9.03. The Labute approximate surface area is 202 Å². The van der Waals surface area contributed by atoms with Gasteiger partial charge in [0.25, 0.3) is 11.8 Å². The monoisotopic (exact) mass is 480 g/mol. The topological polar surface area (TPSA) is 99.2 Å². The van der Waals surface area contributed by atoms with Gasteiger partial charge in [0.15, 0.2) is 4.80 Å². The first-order valence-corrected chi connectivity index (χ1v) is 12.0. The Hall–Kier alpha value is -3.43. The normalized spacial score (nSPS) is 13.5. The van der Waals surface area contributed by atoms with Crippen LogP contribution in [0, 0.1) is 0 Å². The Morgan fingerprint density at radius 3 is 2.65 bits per heavy atom. The molecule has 1 aliphatic rings. The molecule has 0 atom stereocenters. The molecule has 3 aromatic rings. The van der Waals surface area contributed by atoms with E-state index >= 15 is 0 Å². The summed E-state index contributed by atoms with van der Waals surface area (Å²) in [6.07, 6.45) is 1.48. The van der Waals surface area contributed by atoms with Crippen molar-refractivity contribution in [1.82, 2.24) is 9.47 Å². The van der Waals surface area contributed by atoms with E-state index in [9.17, 15) is 9.59 Å². The van der Waals surface area contributed by atoms with E-state index in [0.717, 1.165) is 12.0 Å². The number of aromatic nitrogens is 1. The average Bonchev–Trinajstić information content (AvgIpc) is 3.28. The molecule has 34 heavy (non-hydrogen) atoms.